The normalized spacial score (nSPS) is 15.1. The molecule has 9 heteroatoms. The third kappa shape index (κ3) is 4.98. The average molecular weight is 471 g/mol. The number of benzene rings is 2. The summed E-state index contributed by atoms with van der Waals surface area (Å²) in [7, 11) is 4.70. The summed E-state index contributed by atoms with van der Waals surface area (Å²) >= 11 is 0. The summed E-state index contributed by atoms with van der Waals surface area (Å²) < 4.78 is 26.9. The molecule has 9 nitrogen and oxygen atoms in total. The number of fused-ring (bicyclic) bond motifs is 1. The van der Waals surface area contributed by atoms with Gasteiger partial charge in [0, 0.05) is 37.2 Å². The lowest BCUT2D eigenvalue weighted by Crippen LogP contribution is -2.41. The van der Waals surface area contributed by atoms with Crippen LogP contribution >= 0.6 is 0 Å². The minimum atomic E-state index is -0.139. The molecule has 34 heavy (non-hydrogen) atoms. The maximum absolute atomic E-state index is 12.8. The predicted molar refractivity (Wildman–Crippen MR) is 125 cm³/mol. The number of hydrogen-bond acceptors (Lipinski definition) is 7. The first-order chi connectivity index (χ1) is 16.5. The Morgan fingerprint density at radius 3 is 2.41 bits per heavy atom. The van der Waals surface area contributed by atoms with Crippen molar-refractivity contribution >= 4 is 17.5 Å². The fraction of sp³-hybridized carbons (Fsp3) is 0.440. The van der Waals surface area contributed by atoms with Crippen LogP contribution in [0.2, 0.25) is 0 Å². The number of ether oxygens (including phenoxy) is 5. The summed E-state index contributed by atoms with van der Waals surface area (Å²) in [5, 5.41) is 2.95. The van der Waals surface area contributed by atoms with Gasteiger partial charge in [0.1, 0.15) is 0 Å². The molecule has 182 valence electrons. The van der Waals surface area contributed by atoms with Crippen molar-refractivity contribution in [3.8, 4) is 28.7 Å². The number of carbonyl (C=O) groups excluding carboxylic acids is 2. The lowest BCUT2D eigenvalue weighted by Gasteiger charge is -2.31. The molecule has 0 bridgehead atoms. The number of likely N-dealkylation sites (tertiary alicyclic amines) is 1. The minimum Gasteiger partial charge on any atom is -0.493 e. The van der Waals surface area contributed by atoms with E-state index in [1.807, 2.05) is 17.0 Å². The number of rotatable bonds is 8. The number of nitrogens with zero attached hydrogens (tertiary/aromatic N) is 1. The number of carbonyl (C=O) groups is 2. The highest BCUT2D eigenvalue weighted by Gasteiger charge is 2.28. The second-order valence-corrected chi connectivity index (χ2v) is 8.21. The highest BCUT2D eigenvalue weighted by molar-refractivity contribution is 5.93. The van der Waals surface area contributed by atoms with E-state index in [-0.39, 0.29) is 24.5 Å². The highest BCUT2D eigenvalue weighted by atomic mass is 16.7. The van der Waals surface area contributed by atoms with Crippen LogP contribution < -0.4 is 29.0 Å². The van der Waals surface area contributed by atoms with Crippen molar-refractivity contribution in [2.24, 2.45) is 5.92 Å². The molecule has 1 fully saturated rings. The molecule has 1 saturated heterocycles. The Labute approximate surface area is 198 Å². The van der Waals surface area contributed by atoms with E-state index in [4.69, 9.17) is 23.7 Å². The quantitative estimate of drug-likeness (QED) is 0.633. The van der Waals surface area contributed by atoms with E-state index in [1.54, 1.807) is 39.5 Å². The number of aryl methyl sites for hydroxylation is 1. The molecule has 2 aromatic carbocycles. The van der Waals surface area contributed by atoms with Crippen molar-refractivity contribution in [1.29, 1.82) is 0 Å². The number of hydrogen-bond donors (Lipinski definition) is 1. The van der Waals surface area contributed by atoms with Crippen LogP contribution in [0.1, 0.15) is 24.8 Å². The van der Waals surface area contributed by atoms with E-state index in [9.17, 15) is 9.59 Å². The molecule has 0 unspecified atom stereocenters. The summed E-state index contributed by atoms with van der Waals surface area (Å²) in [5.74, 6) is 2.86. The van der Waals surface area contributed by atoms with E-state index >= 15 is 0 Å². The molecule has 1 N–H and O–H groups in total. The molecule has 0 saturated carbocycles. The van der Waals surface area contributed by atoms with E-state index in [0.717, 1.165) is 5.56 Å². The number of methoxy groups -OCH3 is 3. The fourth-order valence-corrected chi connectivity index (χ4v) is 4.37. The van der Waals surface area contributed by atoms with Crippen LogP contribution in [0.4, 0.5) is 5.69 Å². The Morgan fingerprint density at radius 1 is 0.971 bits per heavy atom. The summed E-state index contributed by atoms with van der Waals surface area (Å²) in [6, 6.07) is 9.05. The van der Waals surface area contributed by atoms with Gasteiger partial charge < -0.3 is 33.9 Å². The molecule has 2 aliphatic rings. The first-order valence-corrected chi connectivity index (χ1v) is 11.3. The Bertz CT molecular complexity index is 1050. The van der Waals surface area contributed by atoms with Crippen LogP contribution in [0.3, 0.4) is 0 Å². The second-order valence-electron chi connectivity index (χ2n) is 8.21. The fourth-order valence-electron chi connectivity index (χ4n) is 4.37. The van der Waals surface area contributed by atoms with E-state index < -0.39 is 0 Å². The van der Waals surface area contributed by atoms with Crippen molar-refractivity contribution in [3.63, 3.8) is 0 Å². The van der Waals surface area contributed by atoms with Crippen LogP contribution in [0.5, 0.6) is 28.7 Å². The van der Waals surface area contributed by atoms with Gasteiger partial charge >= 0.3 is 0 Å². The molecule has 2 aliphatic heterocycles. The lowest BCUT2D eigenvalue weighted by atomic mass is 9.95. The molecule has 0 spiro atoms. The number of piperidine rings is 1. The lowest BCUT2D eigenvalue weighted by molar-refractivity contribution is -0.134. The summed E-state index contributed by atoms with van der Waals surface area (Å²) in [6.45, 7) is 1.31. The summed E-state index contributed by atoms with van der Waals surface area (Å²) in [6.07, 6.45) is 2.12. The van der Waals surface area contributed by atoms with Gasteiger partial charge in [-0.05, 0) is 43.0 Å². The summed E-state index contributed by atoms with van der Waals surface area (Å²) in [4.78, 5) is 27.4. The van der Waals surface area contributed by atoms with Crippen LogP contribution in [-0.2, 0) is 16.0 Å². The second kappa shape index (κ2) is 10.5. The summed E-state index contributed by atoms with van der Waals surface area (Å²) in [5.41, 5.74) is 1.56. The van der Waals surface area contributed by atoms with Gasteiger partial charge in [-0.3, -0.25) is 9.59 Å². The van der Waals surface area contributed by atoms with Gasteiger partial charge in [-0.25, -0.2) is 0 Å². The van der Waals surface area contributed by atoms with Crippen molar-refractivity contribution in [2.45, 2.75) is 25.7 Å². The van der Waals surface area contributed by atoms with E-state index in [1.165, 1.54) is 0 Å². The predicted octanol–water partition coefficient (Wildman–Crippen LogP) is 3.25. The maximum atomic E-state index is 12.8. The van der Waals surface area contributed by atoms with E-state index in [0.29, 0.717) is 73.2 Å². The largest absolute Gasteiger partial charge is 0.493 e. The Morgan fingerprint density at radius 2 is 1.71 bits per heavy atom. The zero-order valence-electron chi connectivity index (χ0n) is 19.7. The molecule has 2 amide bonds. The molecule has 2 heterocycles. The van der Waals surface area contributed by atoms with Crippen molar-refractivity contribution in [1.82, 2.24) is 4.90 Å². The van der Waals surface area contributed by atoms with Crippen LogP contribution in [-0.4, -0.2) is 57.9 Å². The maximum Gasteiger partial charge on any atom is 0.231 e. The topological polar surface area (TPSA) is 95.6 Å². The van der Waals surface area contributed by atoms with Crippen LogP contribution in [0.15, 0.2) is 30.3 Å². The monoisotopic (exact) mass is 470 g/mol. The van der Waals surface area contributed by atoms with Crippen molar-refractivity contribution in [2.75, 3.05) is 46.5 Å². The Balaban J connectivity index is 1.28. The van der Waals surface area contributed by atoms with Gasteiger partial charge in [0.2, 0.25) is 24.4 Å². The Hall–Kier alpha value is -3.62. The van der Waals surface area contributed by atoms with Crippen molar-refractivity contribution < 1.29 is 33.3 Å². The molecule has 0 atom stereocenters. The molecular weight excluding hydrogens is 440 g/mol. The highest BCUT2D eigenvalue weighted by Crippen LogP contribution is 2.40. The third-order valence-corrected chi connectivity index (χ3v) is 6.25. The smallest absolute Gasteiger partial charge is 0.231 e. The van der Waals surface area contributed by atoms with Gasteiger partial charge in [-0.1, -0.05) is 6.07 Å². The molecule has 4 rings (SSSR count). The van der Waals surface area contributed by atoms with Gasteiger partial charge in [0.25, 0.3) is 0 Å². The third-order valence-electron chi connectivity index (χ3n) is 6.25. The van der Waals surface area contributed by atoms with Crippen molar-refractivity contribution in [3.05, 3.63) is 35.9 Å². The number of nitrogens with one attached hydrogen (secondary N) is 1. The van der Waals surface area contributed by atoms with Crippen LogP contribution in [0.25, 0.3) is 0 Å². The first kappa shape index (κ1) is 23.5. The van der Waals surface area contributed by atoms with Gasteiger partial charge in [-0.2, -0.15) is 0 Å². The molecule has 0 aliphatic carbocycles. The zero-order valence-corrected chi connectivity index (χ0v) is 19.7. The average Bonchev–Trinajstić information content (AvgIpc) is 3.34. The minimum absolute atomic E-state index is 0.0407. The standard InChI is InChI=1S/C25H30N2O7/c1-30-20-7-4-16(23(31-2)24(20)32-3)5-9-22(28)27-12-10-17(11-13-27)25(29)26-18-6-8-19-21(14-18)34-15-33-19/h4,6-8,14,17H,5,9-13,15H2,1-3H3,(H,26,29). The molecular formula is C25H30N2O7. The van der Waals surface area contributed by atoms with Gasteiger partial charge in [-0.15, -0.1) is 0 Å². The van der Waals surface area contributed by atoms with Gasteiger partial charge in [0.15, 0.2) is 23.0 Å². The first-order valence-electron chi connectivity index (χ1n) is 11.3. The van der Waals surface area contributed by atoms with Crippen LogP contribution in [0, 0.1) is 5.92 Å². The Kier molecular flexibility index (Phi) is 7.30. The molecule has 2 aromatic rings. The molecule has 0 radical (unpaired) electrons. The van der Waals surface area contributed by atoms with E-state index in [2.05, 4.69) is 5.32 Å². The number of anilines is 1. The molecule has 0 aromatic heterocycles. The SMILES string of the molecule is COc1ccc(CCC(=O)N2CCC(C(=O)Nc3ccc4c(c3)OCO4)CC2)c(OC)c1OC. The zero-order chi connectivity index (χ0) is 24.1. The number of amides is 2. The van der Waals surface area contributed by atoms with Gasteiger partial charge in [0.05, 0.1) is 21.3 Å².